The number of carbonyl (C=O) groups is 3. The fraction of sp³-hybridized carbons (Fsp3) is 0.673. The van der Waals surface area contributed by atoms with E-state index in [2.05, 4.69) is 92.8 Å². The van der Waals surface area contributed by atoms with Crippen molar-refractivity contribution in [2.75, 3.05) is 41.0 Å². The van der Waals surface area contributed by atoms with Crippen molar-refractivity contribution in [1.82, 2.24) is 0 Å². The zero-order valence-electron chi connectivity index (χ0n) is 38.9. The monoisotopic (exact) mass is 839 g/mol. The number of hydrogen-bond acceptors (Lipinski definition) is 6. The van der Waals surface area contributed by atoms with Gasteiger partial charge in [0.15, 0.2) is 12.1 Å². The number of unbranched alkanes of at least 4 members (excludes halogenated alkanes) is 18. The summed E-state index contributed by atoms with van der Waals surface area (Å²) in [5, 5.41) is 9.64. The highest BCUT2D eigenvalue weighted by molar-refractivity contribution is 5.72. The van der Waals surface area contributed by atoms with Crippen molar-refractivity contribution in [3.05, 3.63) is 85.1 Å². The molecule has 342 valence electrons. The maximum absolute atomic E-state index is 12.8. The minimum atomic E-state index is -0.886. The molecule has 0 spiro atoms. The maximum Gasteiger partial charge on any atom is 0.362 e. The van der Waals surface area contributed by atoms with Crippen molar-refractivity contribution in [2.24, 2.45) is 0 Å². The Bertz CT molecular complexity index is 1250. The number of esters is 2. The molecule has 0 aliphatic rings. The normalized spacial score (nSPS) is 13.7. The highest BCUT2D eigenvalue weighted by Gasteiger charge is 2.31. The predicted octanol–water partition coefficient (Wildman–Crippen LogP) is 13.3. The molecule has 0 bridgehead atoms. The molecule has 0 aliphatic heterocycles. The second-order valence-corrected chi connectivity index (χ2v) is 16.8. The quantitative estimate of drug-likeness (QED) is 0.0283. The Hall–Kier alpha value is -3.49. The van der Waals surface area contributed by atoms with Crippen molar-refractivity contribution in [3.63, 3.8) is 0 Å². The van der Waals surface area contributed by atoms with Gasteiger partial charge in [-0.25, -0.2) is 4.79 Å². The van der Waals surface area contributed by atoms with Gasteiger partial charge in [-0.3, -0.25) is 9.59 Å². The maximum atomic E-state index is 12.8. The summed E-state index contributed by atoms with van der Waals surface area (Å²) in [6.07, 6.45) is 54.7. The molecular formula is C52H88NO7+. The van der Waals surface area contributed by atoms with Crippen LogP contribution in [0, 0.1) is 0 Å². The lowest BCUT2D eigenvalue weighted by atomic mass is 10.1. The van der Waals surface area contributed by atoms with Gasteiger partial charge >= 0.3 is 17.9 Å². The zero-order valence-corrected chi connectivity index (χ0v) is 38.9. The van der Waals surface area contributed by atoms with Gasteiger partial charge in [0.2, 0.25) is 0 Å². The first-order valence-corrected chi connectivity index (χ1v) is 23.7. The van der Waals surface area contributed by atoms with Gasteiger partial charge < -0.3 is 23.8 Å². The molecule has 60 heavy (non-hydrogen) atoms. The Balaban J connectivity index is 4.43. The number of carboxylic acid groups (broad SMARTS) is 1. The molecule has 2 unspecified atom stereocenters. The lowest BCUT2D eigenvalue weighted by Gasteiger charge is -2.31. The van der Waals surface area contributed by atoms with Crippen LogP contribution in [-0.4, -0.2) is 80.6 Å². The second kappa shape index (κ2) is 42.2. The van der Waals surface area contributed by atoms with Gasteiger partial charge in [0, 0.05) is 19.3 Å². The molecule has 0 aromatic carbocycles. The minimum Gasteiger partial charge on any atom is -0.477 e. The van der Waals surface area contributed by atoms with Crippen molar-refractivity contribution in [3.8, 4) is 0 Å². The number of rotatable bonds is 41. The lowest BCUT2D eigenvalue weighted by Crippen LogP contribution is -2.50. The van der Waals surface area contributed by atoms with Crippen LogP contribution in [0.25, 0.3) is 0 Å². The molecule has 0 aromatic heterocycles. The predicted molar refractivity (Wildman–Crippen MR) is 252 cm³/mol. The summed E-state index contributed by atoms with van der Waals surface area (Å²) in [6.45, 7) is 4.62. The van der Waals surface area contributed by atoms with Crippen LogP contribution in [0.2, 0.25) is 0 Å². The van der Waals surface area contributed by atoms with Gasteiger partial charge in [0.1, 0.15) is 6.61 Å². The Morgan fingerprint density at radius 1 is 0.500 bits per heavy atom. The van der Waals surface area contributed by atoms with E-state index < -0.39 is 18.1 Å². The molecule has 0 saturated carbocycles. The Kier molecular flexibility index (Phi) is 39.8. The van der Waals surface area contributed by atoms with E-state index in [0.717, 1.165) is 89.9 Å². The fourth-order valence-corrected chi connectivity index (χ4v) is 6.46. The summed E-state index contributed by atoms with van der Waals surface area (Å²) in [5.74, 6) is -1.53. The Labute approximate surface area is 367 Å². The molecule has 8 nitrogen and oxygen atoms in total. The van der Waals surface area contributed by atoms with Crippen LogP contribution >= 0.6 is 0 Å². The lowest BCUT2D eigenvalue weighted by molar-refractivity contribution is -0.887. The zero-order chi connectivity index (χ0) is 44.2. The van der Waals surface area contributed by atoms with E-state index in [1.54, 1.807) is 0 Å². The number of nitrogens with zero attached hydrogens (tertiary/aromatic N) is 1. The molecule has 0 aliphatic carbocycles. The average molecular weight is 839 g/mol. The van der Waals surface area contributed by atoms with Gasteiger partial charge in [0.05, 0.1) is 34.4 Å². The number of likely N-dealkylation sites (N-methyl/N-ethyl adjacent to an activating group) is 1. The number of carboxylic acids is 1. The number of aliphatic carboxylic acids is 1. The number of carbonyl (C=O) groups excluding carboxylic acids is 2. The van der Waals surface area contributed by atoms with E-state index >= 15 is 0 Å². The van der Waals surface area contributed by atoms with Crippen LogP contribution in [0.1, 0.15) is 174 Å². The van der Waals surface area contributed by atoms with Crippen LogP contribution in [-0.2, 0) is 28.6 Å². The van der Waals surface area contributed by atoms with Crippen molar-refractivity contribution >= 4 is 17.9 Å². The fourth-order valence-electron chi connectivity index (χ4n) is 6.46. The largest absolute Gasteiger partial charge is 0.477 e. The molecule has 1 N–H and O–H groups in total. The third-order valence-electron chi connectivity index (χ3n) is 10.2. The minimum absolute atomic E-state index is 0.0395. The Morgan fingerprint density at radius 2 is 0.883 bits per heavy atom. The van der Waals surface area contributed by atoms with Gasteiger partial charge in [0.25, 0.3) is 0 Å². The van der Waals surface area contributed by atoms with Crippen molar-refractivity contribution in [1.29, 1.82) is 0 Å². The first-order valence-electron chi connectivity index (χ1n) is 23.7. The summed E-state index contributed by atoms with van der Waals surface area (Å²) in [7, 11) is 5.50. The highest BCUT2D eigenvalue weighted by atomic mass is 16.6. The number of allylic oxidation sites excluding steroid dienone is 14. The number of quaternary nitrogens is 1. The molecule has 0 heterocycles. The first kappa shape index (κ1) is 56.5. The summed E-state index contributed by atoms with van der Waals surface area (Å²) >= 11 is 0. The third-order valence-corrected chi connectivity index (χ3v) is 10.2. The highest BCUT2D eigenvalue weighted by Crippen LogP contribution is 2.13. The van der Waals surface area contributed by atoms with E-state index in [1.807, 2.05) is 27.2 Å². The smallest absolute Gasteiger partial charge is 0.362 e. The topological polar surface area (TPSA) is 99.1 Å². The molecule has 0 fully saturated rings. The van der Waals surface area contributed by atoms with Gasteiger partial charge in [-0.15, -0.1) is 0 Å². The van der Waals surface area contributed by atoms with Gasteiger partial charge in [-0.2, -0.15) is 0 Å². The Morgan fingerprint density at radius 3 is 1.33 bits per heavy atom. The van der Waals surface area contributed by atoms with Crippen LogP contribution in [0.5, 0.6) is 0 Å². The average Bonchev–Trinajstić information content (AvgIpc) is 3.21. The van der Waals surface area contributed by atoms with Crippen molar-refractivity contribution in [2.45, 2.75) is 187 Å². The summed E-state index contributed by atoms with van der Waals surface area (Å²) in [4.78, 5) is 37.1. The molecule has 0 aromatic rings. The van der Waals surface area contributed by atoms with Gasteiger partial charge in [-0.1, -0.05) is 176 Å². The summed E-state index contributed by atoms with van der Waals surface area (Å²) in [5.41, 5.74) is 0. The standard InChI is InChI=1S/C52H87NO7/c1-6-8-10-12-14-16-18-20-22-24-26-28-30-32-34-36-38-40-42-50(54)59-47-48(46-58-45-44-49(52(56)57)53(3,4)5)60-51(55)43-41-39-37-35-33-31-29-27-25-23-21-19-17-15-13-11-9-7-2/h15,17-29,48-49H,6-14,16,30-47H2,1-5H3/p+1/b17-15+,20-18+,21-19+,24-22+,25-23+,28-26+,29-27+. The molecular weight excluding hydrogens is 751 g/mol. The number of hydrogen-bond donors (Lipinski definition) is 1. The van der Waals surface area contributed by atoms with E-state index in [9.17, 15) is 19.5 Å². The van der Waals surface area contributed by atoms with Crippen LogP contribution < -0.4 is 0 Å². The van der Waals surface area contributed by atoms with Crippen LogP contribution in [0.15, 0.2) is 85.1 Å². The van der Waals surface area contributed by atoms with E-state index in [0.29, 0.717) is 19.3 Å². The molecule has 0 rings (SSSR count). The van der Waals surface area contributed by atoms with Gasteiger partial charge in [-0.05, 0) is 64.2 Å². The molecule has 0 saturated heterocycles. The van der Waals surface area contributed by atoms with Crippen LogP contribution in [0.3, 0.4) is 0 Å². The van der Waals surface area contributed by atoms with Crippen molar-refractivity contribution < 1.29 is 38.2 Å². The van der Waals surface area contributed by atoms with Crippen LogP contribution in [0.4, 0.5) is 0 Å². The van der Waals surface area contributed by atoms with E-state index in [1.165, 1.54) is 51.4 Å². The summed E-state index contributed by atoms with van der Waals surface area (Å²) in [6, 6.07) is -0.628. The SMILES string of the molecule is CCCCC/C=C/C=C/C=C/C=C/CCCCCCCC(=O)OC(COCCC(C(=O)O)[N+](C)(C)C)COC(=O)CCCCCCC/C=C/C=C/C=C/CCCCCCC. The first-order chi connectivity index (χ1) is 29.1. The molecule has 8 heteroatoms. The molecule has 0 amide bonds. The second-order valence-electron chi connectivity index (χ2n) is 16.8. The molecule has 0 radical (unpaired) electrons. The van der Waals surface area contributed by atoms with E-state index in [4.69, 9.17) is 14.2 Å². The number of ether oxygens (including phenoxy) is 3. The summed E-state index contributed by atoms with van der Waals surface area (Å²) < 4.78 is 17.3. The third kappa shape index (κ3) is 39.9. The molecule has 2 atom stereocenters. The van der Waals surface area contributed by atoms with E-state index in [-0.39, 0.29) is 36.2 Å².